The molecule has 1 aromatic heterocycles. The number of nitriles is 1. The molecule has 13 heavy (non-hydrogen) atoms. The van der Waals surface area contributed by atoms with E-state index in [-0.39, 0.29) is 0 Å². The molecule has 0 saturated heterocycles. The van der Waals surface area contributed by atoms with Crippen LogP contribution in [0.25, 0.3) is 10.9 Å². The Morgan fingerprint density at radius 2 is 2.38 bits per heavy atom. The van der Waals surface area contributed by atoms with Crippen LogP contribution < -0.4 is 0 Å². The number of hydrogen-bond acceptors (Lipinski definition) is 2. The Morgan fingerprint density at radius 1 is 1.54 bits per heavy atom. The van der Waals surface area contributed by atoms with Gasteiger partial charge in [-0.25, -0.2) is 0 Å². The van der Waals surface area contributed by atoms with Crippen LogP contribution in [0.1, 0.15) is 11.3 Å². The molecule has 1 heterocycles. The van der Waals surface area contributed by atoms with E-state index < -0.39 is 0 Å². The predicted octanol–water partition coefficient (Wildman–Crippen LogP) is 2.33. The predicted molar refractivity (Wildman–Crippen MR) is 53.4 cm³/mol. The summed E-state index contributed by atoms with van der Waals surface area (Å²) in [4.78, 5) is 0. The van der Waals surface area contributed by atoms with Crippen LogP contribution >= 0.6 is 15.9 Å². The lowest BCUT2D eigenvalue weighted by Crippen LogP contribution is -1.76. The quantitative estimate of drug-likeness (QED) is 0.772. The van der Waals surface area contributed by atoms with Crippen molar-refractivity contribution >= 4 is 26.8 Å². The zero-order valence-electron chi connectivity index (χ0n) is 6.71. The largest absolute Gasteiger partial charge is 0.276 e. The van der Waals surface area contributed by atoms with E-state index in [1.54, 1.807) is 0 Å². The first-order chi connectivity index (χ1) is 6.35. The Kier molecular flexibility index (Phi) is 2.03. The summed E-state index contributed by atoms with van der Waals surface area (Å²) in [6.45, 7) is 0. The smallest absolute Gasteiger partial charge is 0.170 e. The number of benzene rings is 1. The third-order valence-electron chi connectivity index (χ3n) is 1.89. The van der Waals surface area contributed by atoms with E-state index in [1.807, 2.05) is 24.3 Å². The molecule has 0 aliphatic carbocycles. The SMILES string of the molecule is N#Cc1n[nH]c2cc(CBr)ccc12. The number of nitrogens with one attached hydrogen (secondary N) is 1. The van der Waals surface area contributed by atoms with Gasteiger partial charge in [-0.3, -0.25) is 5.10 Å². The molecule has 0 aliphatic rings. The van der Waals surface area contributed by atoms with Crippen molar-refractivity contribution in [3.63, 3.8) is 0 Å². The maximum absolute atomic E-state index is 8.71. The van der Waals surface area contributed by atoms with E-state index in [0.717, 1.165) is 16.2 Å². The van der Waals surface area contributed by atoms with Gasteiger partial charge in [0.25, 0.3) is 0 Å². The Balaban J connectivity index is 2.70. The van der Waals surface area contributed by atoms with Gasteiger partial charge in [0.2, 0.25) is 0 Å². The van der Waals surface area contributed by atoms with Crippen LogP contribution in [0.5, 0.6) is 0 Å². The van der Waals surface area contributed by atoms with E-state index >= 15 is 0 Å². The molecule has 0 saturated carbocycles. The topological polar surface area (TPSA) is 52.5 Å². The van der Waals surface area contributed by atoms with Crippen molar-refractivity contribution in [2.24, 2.45) is 0 Å². The summed E-state index contributed by atoms with van der Waals surface area (Å²) < 4.78 is 0. The highest BCUT2D eigenvalue weighted by Crippen LogP contribution is 2.17. The minimum atomic E-state index is 0.455. The molecule has 2 aromatic rings. The summed E-state index contributed by atoms with van der Waals surface area (Å²) in [7, 11) is 0. The third-order valence-corrected chi connectivity index (χ3v) is 2.53. The molecule has 0 bridgehead atoms. The van der Waals surface area contributed by atoms with Crippen LogP contribution in [0.3, 0.4) is 0 Å². The highest BCUT2D eigenvalue weighted by atomic mass is 79.9. The molecule has 64 valence electrons. The lowest BCUT2D eigenvalue weighted by molar-refractivity contribution is 1.10. The summed E-state index contributed by atoms with van der Waals surface area (Å²) >= 11 is 3.37. The molecule has 0 radical (unpaired) electrons. The molecule has 0 atom stereocenters. The summed E-state index contributed by atoms with van der Waals surface area (Å²) in [6.07, 6.45) is 0. The van der Waals surface area contributed by atoms with Crippen molar-refractivity contribution in [3.05, 3.63) is 29.5 Å². The minimum Gasteiger partial charge on any atom is -0.276 e. The molecule has 0 unspecified atom stereocenters. The number of rotatable bonds is 1. The maximum Gasteiger partial charge on any atom is 0.170 e. The highest BCUT2D eigenvalue weighted by molar-refractivity contribution is 9.08. The standard InChI is InChI=1S/C9H6BrN3/c10-4-6-1-2-7-8(3-6)12-13-9(7)5-11/h1-3H,4H2,(H,12,13). The van der Waals surface area contributed by atoms with Gasteiger partial charge in [-0.15, -0.1) is 0 Å². The summed E-state index contributed by atoms with van der Waals surface area (Å²) in [5.41, 5.74) is 2.53. The van der Waals surface area contributed by atoms with Gasteiger partial charge in [0, 0.05) is 10.7 Å². The average Bonchev–Trinajstić information content (AvgIpc) is 2.59. The summed E-state index contributed by atoms with van der Waals surface area (Å²) in [5.74, 6) is 0. The van der Waals surface area contributed by atoms with E-state index in [2.05, 4.69) is 26.1 Å². The van der Waals surface area contributed by atoms with Crippen LogP contribution in [0.15, 0.2) is 18.2 Å². The van der Waals surface area contributed by atoms with Gasteiger partial charge >= 0.3 is 0 Å². The molecule has 3 nitrogen and oxygen atoms in total. The fourth-order valence-electron chi connectivity index (χ4n) is 1.24. The van der Waals surface area contributed by atoms with Gasteiger partial charge in [-0.1, -0.05) is 22.0 Å². The number of hydrogen-bond donors (Lipinski definition) is 1. The monoisotopic (exact) mass is 235 g/mol. The molecular formula is C9H6BrN3. The third kappa shape index (κ3) is 1.31. The van der Waals surface area contributed by atoms with Gasteiger partial charge in [0.05, 0.1) is 5.52 Å². The first-order valence-electron chi connectivity index (χ1n) is 3.78. The second-order valence-electron chi connectivity index (χ2n) is 2.70. The van der Waals surface area contributed by atoms with Gasteiger partial charge < -0.3 is 0 Å². The second-order valence-corrected chi connectivity index (χ2v) is 3.26. The number of halogens is 1. The van der Waals surface area contributed by atoms with E-state index in [9.17, 15) is 0 Å². The Hall–Kier alpha value is -1.34. The van der Waals surface area contributed by atoms with Gasteiger partial charge in [0.1, 0.15) is 6.07 Å². The number of alkyl halides is 1. The lowest BCUT2D eigenvalue weighted by atomic mass is 10.1. The van der Waals surface area contributed by atoms with Crippen molar-refractivity contribution in [2.45, 2.75) is 5.33 Å². The number of aromatic amines is 1. The fraction of sp³-hybridized carbons (Fsp3) is 0.111. The Morgan fingerprint density at radius 3 is 3.08 bits per heavy atom. The van der Waals surface area contributed by atoms with Crippen molar-refractivity contribution in [3.8, 4) is 6.07 Å². The first-order valence-corrected chi connectivity index (χ1v) is 4.90. The molecule has 0 spiro atoms. The Labute approximate surface area is 83.5 Å². The van der Waals surface area contributed by atoms with Gasteiger partial charge in [0.15, 0.2) is 5.69 Å². The molecule has 0 aliphatic heterocycles. The van der Waals surface area contributed by atoms with Crippen LogP contribution in [-0.4, -0.2) is 10.2 Å². The zero-order chi connectivity index (χ0) is 9.26. The maximum atomic E-state index is 8.71. The van der Waals surface area contributed by atoms with Gasteiger partial charge in [-0.05, 0) is 17.7 Å². The molecule has 4 heteroatoms. The Bertz CT molecular complexity index is 481. The van der Waals surface area contributed by atoms with Crippen molar-refractivity contribution < 1.29 is 0 Å². The van der Waals surface area contributed by atoms with E-state index in [4.69, 9.17) is 5.26 Å². The second kappa shape index (κ2) is 3.19. The number of H-pyrrole nitrogens is 1. The normalized spacial score (nSPS) is 10.2. The van der Waals surface area contributed by atoms with Crippen LogP contribution in [0.2, 0.25) is 0 Å². The highest BCUT2D eigenvalue weighted by Gasteiger charge is 2.03. The van der Waals surface area contributed by atoms with Crippen LogP contribution in [0.4, 0.5) is 0 Å². The summed E-state index contributed by atoms with van der Waals surface area (Å²) in [5, 5.41) is 17.1. The number of fused-ring (bicyclic) bond motifs is 1. The molecular weight excluding hydrogens is 230 g/mol. The van der Waals surface area contributed by atoms with E-state index in [1.165, 1.54) is 5.56 Å². The van der Waals surface area contributed by atoms with Crippen molar-refractivity contribution in [1.29, 1.82) is 5.26 Å². The first kappa shape index (κ1) is 8.27. The van der Waals surface area contributed by atoms with Crippen molar-refractivity contribution in [1.82, 2.24) is 10.2 Å². The number of nitrogens with zero attached hydrogens (tertiary/aromatic N) is 2. The van der Waals surface area contributed by atoms with Crippen LogP contribution in [-0.2, 0) is 5.33 Å². The molecule has 1 aromatic carbocycles. The van der Waals surface area contributed by atoms with Crippen molar-refractivity contribution in [2.75, 3.05) is 0 Å². The van der Waals surface area contributed by atoms with Gasteiger partial charge in [-0.2, -0.15) is 10.4 Å². The fourth-order valence-corrected chi connectivity index (χ4v) is 1.58. The molecule has 0 fully saturated rings. The minimum absolute atomic E-state index is 0.455. The molecule has 1 N–H and O–H groups in total. The van der Waals surface area contributed by atoms with Crippen LogP contribution in [0, 0.1) is 11.3 Å². The number of aromatic nitrogens is 2. The molecule has 2 rings (SSSR count). The average molecular weight is 236 g/mol. The van der Waals surface area contributed by atoms with E-state index in [0.29, 0.717) is 5.69 Å². The molecule has 0 amide bonds. The summed E-state index contributed by atoms with van der Waals surface area (Å²) in [6, 6.07) is 7.91. The lowest BCUT2D eigenvalue weighted by Gasteiger charge is -1.93. The zero-order valence-corrected chi connectivity index (χ0v) is 8.30.